The normalized spacial score (nSPS) is 11.5. The van der Waals surface area contributed by atoms with Gasteiger partial charge in [-0.1, -0.05) is 26.0 Å². The van der Waals surface area contributed by atoms with E-state index in [-0.39, 0.29) is 5.91 Å². The summed E-state index contributed by atoms with van der Waals surface area (Å²) in [5.41, 5.74) is 4.26. The SMILES string of the molecule is CC(C)c1ccc2oc(-c3cccc(NC(=O)C=Cc4ccco4)c3)nc2c1. The summed E-state index contributed by atoms with van der Waals surface area (Å²) >= 11 is 0. The topological polar surface area (TPSA) is 68.3 Å². The number of carbonyl (C=O) groups excluding carboxylic acids is 1. The molecule has 0 aliphatic rings. The number of aromatic nitrogens is 1. The summed E-state index contributed by atoms with van der Waals surface area (Å²) < 4.78 is 11.1. The van der Waals surface area contributed by atoms with Crippen molar-refractivity contribution in [3.05, 3.63) is 78.3 Å². The van der Waals surface area contributed by atoms with Crippen molar-refractivity contribution in [2.75, 3.05) is 5.32 Å². The van der Waals surface area contributed by atoms with Crippen LogP contribution in [-0.4, -0.2) is 10.9 Å². The average molecular weight is 372 g/mol. The van der Waals surface area contributed by atoms with E-state index in [9.17, 15) is 4.79 Å². The Hall–Kier alpha value is -3.60. The molecule has 0 atom stereocenters. The Kier molecular flexibility index (Phi) is 4.81. The third kappa shape index (κ3) is 3.88. The molecule has 0 saturated heterocycles. The molecule has 4 rings (SSSR count). The minimum Gasteiger partial charge on any atom is -0.465 e. The Labute approximate surface area is 162 Å². The fraction of sp³-hybridized carbons (Fsp3) is 0.130. The number of hydrogen-bond acceptors (Lipinski definition) is 4. The van der Waals surface area contributed by atoms with Gasteiger partial charge in [-0.05, 0) is 60.0 Å². The molecule has 1 N–H and O–H groups in total. The highest BCUT2D eigenvalue weighted by atomic mass is 16.3. The number of rotatable bonds is 5. The summed E-state index contributed by atoms with van der Waals surface area (Å²) in [4.78, 5) is 16.7. The quantitative estimate of drug-likeness (QED) is 0.445. The lowest BCUT2D eigenvalue weighted by Gasteiger charge is -2.03. The van der Waals surface area contributed by atoms with Gasteiger partial charge in [0.1, 0.15) is 11.3 Å². The first-order valence-electron chi connectivity index (χ1n) is 9.12. The zero-order chi connectivity index (χ0) is 19.5. The van der Waals surface area contributed by atoms with Crippen LogP contribution in [0, 0.1) is 0 Å². The van der Waals surface area contributed by atoms with Gasteiger partial charge < -0.3 is 14.2 Å². The van der Waals surface area contributed by atoms with Crippen LogP contribution in [0.3, 0.4) is 0 Å². The molecular weight excluding hydrogens is 352 g/mol. The Balaban J connectivity index is 1.55. The predicted octanol–water partition coefficient (Wildman–Crippen LogP) is 5.86. The van der Waals surface area contributed by atoms with Crippen LogP contribution >= 0.6 is 0 Å². The summed E-state index contributed by atoms with van der Waals surface area (Å²) in [6.07, 6.45) is 4.61. The number of benzene rings is 2. The van der Waals surface area contributed by atoms with Crippen LogP contribution in [0.15, 0.2) is 75.8 Å². The van der Waals surface area contributed by atoms with Crippen LogP contribution in [0.1, 0.15) is 31.1 Å². The Bertz CT molecular complexity index is 1140. The maximum Gasteiger partial charge on any atom is 0.248 e. The lowest BCUT2D eigenvalue weighted by molar-refractivity contribution is -0.111. The first-order valence-corrected chi connectivity index (χ1v) is 9.12. The molecule has 0 aliphatic carbocycles. The van der Waals surface area contributed by atoms with Crippen LogP contribution in [0.25, 0.3) is 28.6 Å². The Morgan fingerprint density at radius 3 is 2.79 bits per heavy atom. The fourth-order valence-corrected chi connectivity index (χ4v) is 2.88. The van der Waals surface area contributed by atoms with Gasteiger partial charge in [0.05, 0.1) is 6.26 Å². The number of amides is 1. The molecule has 0 fully saturated rings. The zero-order valence-corrected chi connectivity index (χ0v) is 15.7. The first kappa shape index (κ1) is 17.8. The summed E-state index contributed by atoms with van der Waals surface area (Å²) in [7, 11) is 0. The van der Waals surface area contributed by atoms with Crippen LogP contribution in [-0.2, 0) is 4.79 Å². The van der Waals surface area contributed by atoms with E-state index >= 15 is 0 Å². The summed E-state index contributed by atoms with van der Waals surface area (Å²) in [6.45, 7) is 4.29. The van der Waals surface area contributed by atoms with Crippen LogP contribution in [0.4, 0.5) is 5.69 Å². The molecule has 28 heavy (non-hydrogen) atoms. The first-order chi connectivity index (χ1) is 13.6. The van der Waals surface area contributed by atoms with Crippen molar-refractivity contribution in [3.63, 3.8) is 0 Å². The van der Waals surface area contributed by atoms with Crippen LogP contribution < -0.4 is 5.32 Å². The smallest absolute Gasteiger partial charge is 0.248 e. The second kappa shape index (κ2) is 7.56. The van der Waals surface area contributed by atoms with Gasteiger partial charge in [0.15, 0.2) is 5.58 Å². The number of hydrogen-bond donors (Lipinski definition) is 1. The molecule has 0 aliphatic heterocycles. The van der Waals surface area contributed by atoms with Crippen molar-refractivity contribution in [2.45, 2.75) is 19.8 Å². The predicted molar refractivity (Wildman–Crippen MR) is 110 cm³/mol. The molecule has 0 bridgehead atoms. The monoisotopic (exact) mass is 372 g/mol. The molecule has 0 radical (unpaired) electrons. The summed E-state index contributed by atoms with van der Waals surface area (Å²) in [6, 6.07) is 17.0. The molecular formula is C23H20N2O3. The van der Waals surface area contributed by atoms with Gasteiger partial charge >= 0.3 is 0 Å². The van der Waals surface area contributed by atoms with Gasteiger partial charge in [-0.2, -0.15) is 0 Å². The molecule has 2 aromatic heterocycles. The molecule has 0 spiro atoms. The number of carbonyl (C=O) groups is 1. The second-order valence-corrected chi connectivity index (χ2v) is 6.82. The van der Waals surface area contributed by atoms with E-state index in [1.165, 1.54) is 11.6 Å². The average Bonchev–Trinajstić information content (AvgIpc) is 3.35. The molecule has 2 heterocycles. The number of fused-ring (bicyclic) bond motifs is 1. The van der Waals surface area contributed by atoms with Crippen molar-refractivity contribution in [3.8, 4) is 11.5 Å². The van der Waals surface area contributed by atoms with Crippen LogP contribution in [0.5, 0.6) is 0 Å². The molecule has 0 saturated carbocycles. The fourth-order valence-electron chi connectivity index (χ4n) is 2.88. The third-order valence-electron chi connectivity index (χ3n) is 4.40. The summed E-state index contributed by atoms with van der Waals surface area (Å²) in [5.74, 6) is 1.33. The van der Waals surface area contributed by atoms with E-state index in [4.69, 9.17) is 8.83 Å². The molecule has 140 valence electrons. The van der Waals surface area contributed by atoms with Crippen molar-refractivity contribution in [1.82, 2.24) is 4.98 Å². The highest BCUT2D eigenvalue weighted by Gasteiger charge is 2.11. The maximum atomic E-state index is 12.1. The van der Waals surface area contributed by atoms with E-state index in [0.717, 1.165) is 16.7 Å². The van der Waals surface area contributed by atoms with Crippen molar-refractivity contribution in [1.29, 1.82) is 0 Å². The van der Waals surface area contributed by atoms with E-state index < -0.39 is 0 Å². The number of nitrogens with one attached hydrogen (secondary N) is 1. The van der Waals surface area contributed by atoms with E-state index in [1.54, 1.807) is 24.5 Å². The number of oxazole rings is 1. The molecule has 5 nitrogen and oxygen atoms in total. The van der Waals surface area contributed by atoms with Gasteiger partial charge in [-0.25, -0.2) is 4.98 Å². The molecule has 5 heteroatoms. The highest BCUT2D eigenvalue weighted by Crippen LogP contribution is 2.28. The molecule has 1 amide bonds. The Morgan fingerprint density at radius 2 is 2.00 bits per heavy atom. The van der Waals surface area contributed by atoms with Crippen molar-refractivity contribution in [2.24, 2.45) is 0 Å². The lowest BCUT2D eigenvalue weighted by atomic mass is 10.0. The summed E-state index contributed by atoms with van der Waals surface area (Å²) in [5, 5.41) is 2.84. The van der Waals surface area contributed by atoms with Crippen molar-refractivity contribution >= 4 is 28.8 Å². The molecule has 2 aromatic carbocycles. The zero-order valence-electron chi connectivity index (χ0n) is 15.7. The van der Waals surface area contributed by atoms with E-state index in [0.29, 0.717) is 23.3 Å². The van der Waals surface area contributed by atoms with E-state index in [1.807, 2.05) is 30.3 Å². The number of anilines is 1. The Morgan fingerprint density at radius 1 is 1.11 bits per heavy atom. The largest absolute Gasteiger partial charge is 0.465 e. The van der Waals surface area contributed by atoms with Crippen molar-refractivity contribution < 1.29 is 13.6 Å². The van der Waals surface area contributed by atoms with E-state index in [2.05, 4.69) is 36.3 Å². The van der Waals surface area contributed by atoms with Gasteiger partial charge in [0.2, 0.25) is 11.8 Å². The second-order valence-electron chi connectivity index (χ2n) is 6.82. The minimum atomic E-state index is -0.243. The van der Waals surface area contributed by atoms with Gasteiger partial charge in [-0.3, -0.25) is 4.79 Å². The molecule has 0 unspecified atom stereocenters. The standard InChI is InChI=1S/C23H20N2O3/c1-15(2)16-8-10-21-20(14-16)25-23(28-21)17-5-3-6-18(13-17)24-22(26)11-9-19-7-4-12-27-19/h3-15H,1-2H3,(H,24,26). The number of nitrogens with zero attached hydrogens (tertiary/aromatic N) is 1. The lowest BCUT2D eigenvalue weighted by Crippen LogP contribution is -2.07. The molecule has 4 aromatic rings. The number of furan rings is 1. The maximum absolute atomic E-state index is 12.1. The van der Waals surface area contributed by atoms with Gasteiger partial charge in [0, 0.05) is 17.3 Å². The minimum absolute atomic E-state index is 0.243. The van der Waals surface area contributed by atoms with Gasteiger partial charge in [-0.15, -0.1) is 0 Å². The van der Waals surface area contributed by atoms with Crippen LogP contribution in [0.2, 0.25) is 0 Å². The highest BCUT2D eigenvalue weighted by molar-refractivity contribution is 6.02. The van der Waals surface area contributed by atoms with Gasteiger partial charge in [0.25, 0.3) is 0 Å². The third-order valence-corrected chi connectivity index (χ3v) is 4.40.